The average molecular weight is 472 g/mol. The van der Waals surface area contributed by atoms with E-state index in [2.05, 4.69) is 5.32 Å². The van der Waals surface area contributed by atoms with E-state index in [0.717, 1.165) is 15.4 Å². The van der Waals surface area contributed by atoms with Gasteiger partial charge in [-0.15, -0.1) is 0 Å². The van der Waals surface area contributed by atoms with Gasteiger partial charge in [0.05, 0.1) is 5.56 Å². The van der Waals surface area contributed by atoms with E-state index in [4.69, 9.17) is 0 Å². The smallest absolute Gasteiger partial charge is 0.269 e. The van der Waals surface area contributed by atoms with E-state index < -0.39 is 22.0 Å². The van der Waals surface area contributed by atoms with Gasteiger partial charge < -0.3 is 10.2 Å². The van der Waals surface area contributed by atoms with Crippen molar-refractivity contribution >= 4 is 27.7 Å². The van der Waals surface area contributed by atoms with Crippen molar-refractivity contribution in [3.63, 3.8) is 0 Å². The molecule has 9 heteroatoms. The highest BCUT2D eigenvalue weighted by Gasteiger charge is 2.40. The van der Waals surface area contributed by atoms with Gasteiger partial charge >= 0.3 is 0 Å². The Morgan fingerprint density at radius 3 is 2.42 bits per heavy atom. The molecule has 33 heavy (non-hydrogen) atoms. The Balaban J connectivity index is 1.71. The number of sulfonamides is 1. The Bertz CT molecular complexity index is 1160. The fourth-order valence-corrected chi connectivity index (χ4v) is 5.45. The lowest BCUT2D eigenvalue weighted by Crippen LogP contribution is -2.47. The Kier molecular flexibility index (Phi) is 7.53. The molecule has 0 aromatic heterocycles. The van der Waals surface area contributed by atoms with Crippen LogP contribution in [0.15, 0.2) is 53.4 Å². The molecule has 0 saturated heterocycles. The minimum atomic E-state index is -3.91. The van der Waals surface area contributed by atoms with Gasteiger partial charge in [0.15, 0.2) is 0 Å². The van der Waals surface area contributed by atoms with Crippen LogP contribution < -0.4 is 5.32 Å². The SMILES string of the molecule is CCNC(=O)[C@H](C)N(Cc1ccccc1C)C(=O)CCCN1C(=O)c2ccccc2S1(=O)=O. The van der Waals surface area contributed by atoms with Crippen molar-refractivity contribution in [3.8, 4) is 0 Å². The van der Waals surface area contributed by atoms with E-state index in [1.807, 2.05) is 38.1 Å². The first-order chi connectivity index (χ1) is 15.7. The van der Waals surface area contributed by atoms with Gasteiger partial charge in [-0.05, 0) is 50.5 Å². The van der Waals surface area contributed by atoms with Crippen molar-refractivity contribution in [1.29, 1.82) is 0 Å². The number of aryl methyl sites for hydroxylation is 1. The van der Waals surface area contributed by atoms with Crippen molar-refractivity contribution in [2.45, 2.75) is 51.1 Å². The number of carbonyl (C=O) groups is 3. The minimum absolute atomic E-state index is 0.00523. The van der Waals surface area contributed by atoms with Crippen LogP contribution in [-0.2, 0) is 26.2 Å². The summed E-state index contributed by atoms with van der Waals surface area (Å²) >= 11 is 0. The van der Waals surface area contributed by atoms with Gasteiger partial charge in [0.25, 0.3) is 15.9 Å². The zero-order valence-electron chi connectivity index (χ0n) is 19.1. The Morgan fingerprint density at radius 1 is 1.09 bits per heavy atom. The summed E-state index contributed by atoms with van der Waals surface area (Å²) in [6, 6.07) is 13.0. The van der Waals surface area contributed by atoms with Crippen LogP contribution in [0.1, 0.15) is 48.2 Å². The fraction of sp³-hybridized carbons (Fsp3) is 0.375. The first-order valence-electron chi connectivity index (χ1n) is 11.0. The lowest BCUT2D eigenvalue weighted by Gasteiger charge is -2.29. The maximum absolute atomic E-state index is 13.1. The number of likely N-dealkylation sites (N-methyl/N-ethyl adjacent to an activating group) is 1. The molecule has 0 fully saturated rings. The second-order valence-corrected chi connectivity index (χ2v) is 9.83. The van der Waals surface area contributed by atoms with Crippen molar-refractivity contribution in [3.05, 3.63) is 65.2 Å². The topological polar surface area (TPSA) is 104 Å². The van der Waals surface area contributed by atoms with Gasteiger partial charge in [0, 0.05) is 26.1 Å². The highest BCUT2D eigenvalue weighted by molar-refractivity contribution is 7.90. The highest BCUT2D eigenvalue weighted by Crippen LogP contribution is 2.30. The molecule has 0 saturated carbocycles. The van der Waals surface area contributed by atoms with Gasteiger partial charge in [-0.1, -0.05) is 36.4 Å². The molecule has 8 nitrogen and oxygen atoms in total. The fourth-order valence-electron chi connectivity index (χ4n) is 3.85. The van der Waals surface area contributed by atoms with Gasteiger partial charge in [-0.2, -0.15) is 0 Å². The summed E-state index contributed by atoms with van der Waals surface area (Å²) in [6.45, 7) is 6.03. The zero-order chi connectivity index (χ0) is 24.2. The summed E-state index contributed by atoms with van der Waals surface area (Å²) in [5.41, 5.74) is 2.08. The van der Waals surface area contributed by atoms with Crippen LogP contribution in [0.4, 0.5) is 0 Å². The third-order valence-corrected chi connectivity index (χ3v) is 7.62. The molecule has 2 aromatic rings. The number of rotatable bonds is 9. The maximum Gasteiger partial charge on any atom is 0.269 e. The molecule has 1 heterocycles. The predicted molar refractivity (Wildman–Crippen MR) is 124 cm³/mol. The second-order valence-electron chi connectivity index (χ2n) is 8.00. The molecule has 176 valence electrons. The number of nitrogens with one attached hydrogen (secondary N) is 1. The molecule has 0 spiro atoms. The number of benzene rings is 2. The number of fused-ring (bicyclic) bond motifs is 1. The van der Waals surface area contributed by atoms with Crippen LogP contribution >= 0.6 is 0 Å². The monoisotopic (exact) mass is 471 g/mol. The number of hydrogen-bond acceptors (Lipinski definition) is 5. The molecule has 0 aliphatic carbocycles. The van der Waals surface area contributed by atoms with Gasteiger partial charge in [0.2, 0.25) is 11.8 Å². The summed E-state index contributed by atoms with van der Waals surface area (Å²) in [4.78, 5) is 39.7. The minimum Gasteiger partial charge on any atom is -0.355 e. The summed E-state index contributed by atoms with van der Waals surface area (Å²) < 4.78 is 26.2. The lowest BCUT2D eigenvalue weighted by molar-refractivity contribution is -0.140. The molecule has 3 amide bonds. The molecule has 2 aromatic carbocycles. The first-order valence-corrected chi connectivity index (χ1v) is 12.4. The van der Waals surface area contributed by atoms with Gasteiger partial charge in [-0.25, -0.2) is 12.7 Å². The van der Waals surface area contributed by atoms with Crippen LogP contribution in [0.5, 0.6) is 0 Å². The summed E-state index contributed by atoms with van der Waals surface area (Å²) in [5, 5.41) is 2.74. The van der Waals surface area contributed by atoms with Gasteiger partial charge in [-0.3, -0.25) is 14.4 Å². The predicted octanol–water partition coefficient (Wildman–Crippen LogP) is 2.47. The van der Waals surface area contributed by atoms with Crippen molar-refractivity contribution in [1.82, 2.24) is 14.5 Å². The second kappa shape index (κ2) is 10.2. The molecule has 1 aliphatic rings. The molecule has 1 aliphatic heterocycles. The third-order valence-electron chi connectivity index (χ3n) is 5.78. The zero-order valence-corrected chi connectivity index (χ0v) is 19.9. The molecule has 1 N–H and O–H groups in total. The maximum atomic E-state index is 13.1. The molecule has 0 radical (unpaired) electrons. The highest BCUT2D eigenvalue weighted by atomic mass is 32.2. The van der Waals surface area contributed by atoms with E-state index in [0.29, 0.717) is 6.54 Å². The van der Waals surface area contributed by atoms with Crippen molar-refractivity contribution in [2.75, 3.05) is 13.1 Å². The number of nitrogens with zero attached hydrogens (tertiary/aromatic N) is 2. The molecule has 3 rings (SSSR count). The van der Waals surface area contributed by atoms with Crippen molar-refractivity contribution < 1.29 is 22.8 Å². The summed E-state index contributed by atoms with van der Waals surface area (Å²) in [6.07, 6.45) is 0.162. The Morgan fingerprint density at radius 2 is 1.76 bits per heavy atom. The summed E-state index contributed by atoms with van der Waals surface area (Å²) in [7, 11) is -3.91. The van der Waals surface area contributed by atoms with E-state index in [1.165, 1.54) is 17.0 Å². The van der Waals surface area contributed by atoms with E-state index >= 15 is 0 Å². The Labute approximate surface area is 194 Å². The average Bonchev–Trinajstić information content (AvgIpc) is 2.99. The third kappa shape index (κ3) is 5.08. The van der Waals surface area contributed by atoms with E-state index in [1.54, 1.807) is 19.1 Å². The van der Waals surface area contributed by atoms with Crippen molar-refractivity contribution in [2.24, 2.45) is 0 Å². The first kappa shape index (κ1) is 24.4. The lowest BCUT2D eigenvalue weighted by atomic mass is 10.1. The van der Waals surface area contributed by atoms with Gasteiger partial charge in [0.1, 0.15) is 10.9 Å². The molecular weight excluding hydrogens is 442 g/mol. The van der Waals surface area contributed by atoms with Crippen LogP contribution in [0.2, 0.25) is 0 Å². The van der Waals surface area contributed by atoms with Crippen LogP contribution in [0, 0.1) is 6.92 Å². The van der Waals surface area contributed by atoms with Crippen LogP contribution in [0.25, 0.3) is 0 Å². The van der Waals surface area contributed by atoms with E-state index in [-0.39, 0.29) is 48.2 Å². The van der Waals surface area contributed by atoms with E-state index in [9.17, 15) is 22.8 Å². The quantitative estimate of drug-likeness (QED) is 0.605. The molecular formula is C24H29N3O5S. The standard InChI is InChI=1S/C24H29N3O5S/c1-4-25-23(29)18(3)26(16-19-11-6-5-10-17(19)2)22(28)14-9-15-27-24(30)20-12-7-8-13-21(20)33(27,31)32/h5-8,10-13,18H,4,9,14-16H2,1-3H3,(H,25,29)/t18-/m0/s1. The largest absolute Gasteiger partial charge is 0.355 e. The summed E-state index contributed by atoms with van der Waals surface area (Å²) in [5.74, 6) is -1.11. The number of hydrogen-bond donors (Lipinski definition) is 1. The molecule has 1 atom stereocenters. The number of carbonyl (C=O) groups excluding carboxylic acids is 3. The molecule has 0 unspecified atom stereocenters. The Hall–Kier alpha value is -3.20. The normalized spacial score (nSPS) is 15.1. The molecule has 0 bridgehead atoms. The van der Waals surface area contributed by atoms with Crippen LogP contribution in [-0.4, -0.2) is 54.5 Å². The number of amides is 3. The van der Waals surface area contributed by atoms with Crippen LogP contribution in [0.3, 0.4) is 0 Å².